The van der Waals surface area contributed by atoms with Crippen molar-refractivity contribution < 1.29 is 37.0 Å². The number of carbonyl (C=O) groups excluding carboxylic acids is 2. The number of benzene rings is 2. The first-order valence-electron chi connectivity index (χ1n) is 15.0. The molecule has 2 aromatic carbocycles. The van der Waals surface area contributed by atoms with E-state index in [9.17, 15) is 22.8 Å². The van der Waals surface area contributed by atoms with E-state index in [2.05, 4.69) is 15.3 Å². The van der Waals surface area contributed by atoms with Crippen LogP contribution in [0.2, 0.25) is 5.02 Å². The zero-order valence-corrected chi connectivity index (χ0v) is 26.2. The number of hydrogen-bond acceptors (Lipinski definition) is 10. The fraction of sp³-hybridized carbons (Fsp3) is 0.438. The van der Waals surface area contributed by atoms with E-state index in [0.29, 0.717) is 44.0 Å². The topological polar surface area (TPSA) is 129 Å². The molecule has 3 N–H and O–H groups in total. The number of anilines is 2. The molecule has 0 bridgehead atoms. The molecule has 0 amide bonds. The largest absolute Gasteiger partial charge is 0.465 e. The molecule has 46 heavy (non-hydrogen) atoms. The van der Waals surface area contributed by atoms with Gasteiger partial charge in [-0.15, -0.1) is 0 Å². The Morgan fingerprint density at radius 3 is 2.52 bits per heavy atom. The lowest BCUT2D eigenvalue weighted by Gasteiger charge is -2.39. The smallest absolute Gasteiger partial charge is 0.429 e. The number of rotatable bonds is 9. The Bertz CT molecular complexity index is 1580. The molecule has 14 heteroatoms. The van der Waals surface area contributed by atoms with Gasteiger partial charge in [-0.25, -0.2) is 4.79 Å². The standard InChI is InChI=1S/C32H35ClF3N5O5/c1-3-44-28(42)20-7-5-6-19(14-20)23-15-21(33)8-9-22(23)27(32(34,35)36)46-26-16-25(39-30(37)40-26)41-12-10-31(11-13-41)17-24(38-18-31)29(43)45-4-2/h5-9,14-16,24,27,38H,3-4,10-13,17-18H2,1-2H3,(H2,37,39,40)/t24-,27+/m0/s1. The molecule has 3 heterocycles. The van der Waals surface area contributed by atoms with E-state index >= 15 is 0 Å². The second-order valence-corrected chi connectivity index (χ2v) is 11.8. The van der Waals surface area contributed by atoms with Crippen LogP contribution in [0.5, 0.6) is 5.88 Å². The van der Waals surface area contributed by atoms with Crippen LogP contribution in [-0.4, -0.2) is 67.0 Å². The first-order chi connectivity index (χ1) is 21.9. The van der Waals surface area contributed by atoms with Gasteiger partial charge in [0.1, 0.15) is 11.9 Å². The van der Waals surface area contributed by atoms with Crippen LogP contribution in [-0.2, 0) is 14.3 Å². The van der Waals surface area contributed by atoms with E-state index in [1.54, 1.807) is 26.0 Å². The molecule has 0 aliphatic carbocycles. The van der Waals surface area contributed by atoms with E-state index in [1.807, 2.05) is 4.90 Å². The number of esters is 2. The van der Waals surface area contributed by atoms with Crippen molar-refractivity contribution in [2.75, 3.05) is 43.5 Å². The summed E-state index contributed by atoms with van der Waals surface area (Å²) in [6.07, 6.45) is -5.20. The predicted molar refractivity (Wildman–Crippen MR) is 166 cm³/mol. The molecule has 1 spiro atoms. The fourth-order valence-corrected chi connectivity index (χ4v) is 6.20. The monoisotopic (exact) mass is 661 g/mol. The van der Waals surface area contributed by atoms with Crippen molar-refractivity contribution in [1.82, 2.24) is 15.3 Å². The summed E-state index contributed by atoms with van der Waals surface area (Å²) in [6, 6.07) is 11.0. The zero-order valence-electron chi connectivity index (χ0n) is 25.4. The highest BCUT2D eigenvalue weighted by Gasteiger charge is 2.46. The molecule has 2 aliphatic heterocycles. The first-order valence-corrected chi connectivity index (χ1v) is 15.4. The summed E-state index contributed by atoms with van der Waals surface area (Å²) in [6.45, 7) is 5.65. The molecule has 2 fully saturated rings. The molecule has 0 radical (unpaired) electrons. The van der Waals surface area contributed by atoms with Gasteiger partial charge in [-0.05, 0) is 73.9 Å². The second-order valence-electron chi connectivity index (χ2n) is 11.4. The summed E-state index contributed by atoms with van der Waals surface area (Å²) in [5.41, 5.74) is 6.25. The number of ether oxygens (including phenoxy) is 3. The van der Waals surface area contributed by atoms with Crippen LogP contribution in [0, 0.1) is 5.41 Å². The number of halogens is 4. The Kier molecular flexibility index (Phi) is 9.92. The highest BCUT2D eigenvalue weighted by atomic mass is 35.5. The van der Waals surface area contributed by atoms with Gasteiger partial charge in [-0.1, -0.05) is 29.8 Å². The normalized spacial score (nSPS) is 18.3. The third kappa shape index (κ3) is 7.47. The van der Waals surface area contributed by atoms with Gasteiger partial charge in [0.05, 0.1) is 18.8 Å². The van der Waals surface area contributed by atoms with Crippen molar-refractivity contribution >= 4 is 35.3 Å². The van der Waals surface area contributed by atoms with Crippen LogP contribution in [0.4, 0.5) is 24.9 Å². The van der Waals surface area contributed by atoms with Crippen molar-refractivity contribution in [3.63, 3.8) is 0 Å². The lowest BCUT2D eigenvalue weighted by atomic mass is 9.76. The average Bonchev–Trinajstić information content (AvgIpc) is 3.43. The van der Waals surface area contributed by atoms with E-state index in [-0.39, 0.29) is 57.6 Å². The number of nitrogens with two attached hydrogens (primary N) is 1. The number of piperidine rings is 1. The molecule has 2 saturated heterocycles. The van der Waals surface area contributed by atoms with Gasteiger partial charge >= 0.3 is 18.1 Å². The van der Waals surface area contributed by atoms with Crippen molar-refractivity contribution in [3.05, 3.63) is 64.7 Å². The van der Waals surface area contributed by atoms with Crippen molar-refractivity contribution in [2.24, 2.45) is 5.41 Å². The summed E-state index contributed by atoms with van der Waals surface area (Å²) >= 11 is 6.22. The lowest BCUT2D eigenvalue weighted by Crippen LogP contribution is -2.41. The minimum Gasteiger partial charge on any atom is -0.465 e. The zero-order chi connectivity index (χ0) is 33.1. The molecule has 246 valence electrons. The highest BCUT2D eigenvalue weighted by molar-refractivity contribution is 6.30. The van der Waals surface area contributed by atoms with E-state index in [0.717, 1.165) is 12.8 Å². The van der Waals surface area contributed by atoms with Crippen LogP contribution < -0.4 is 20.7 Å². The Morgan fingerprint density at radius 1 is 1.09 bits per heavy atom. The Morgan fingerprint density at radius 2 is 1.83 bits per heavy atom. The maximum atomic E-state index is 14.7. The van der Waals surface area contributed by atoms with E-state index in [4.69, 9.17) is 31.5 Å². The highest BCUT2D eigenvalue weighted by Crippen LogP contribution is 2.43. The van der Waals surface area contributed by atoms with Crippen LogP contribution in [0.25, 0.3) is 11.1 Å². The number of alkyl halides is 3. The second kappa shape index (κ2) is 13.7. The number of nitrogens with one attached hydrogen (secondary N) is 1. The Hall–Kier alpha value is -4.10. The van der Waals surface area contributed by atoms with Gasteiger partial charge in [0, 0.05) is 36.3 Å². The quantitative estimate of drug-likeness (QED) is 0.274. The van der Waals surface area contributed by atoms with Gasteiger partial charge in [-0.3, -0.25) is 4.79 Å². The third-order valence-corrected chi connectivity index (χ3v) is 8.54. The minimum absolute atomic E-state index is 0.0945. The number of nitrogens with zero attached hydrogens (tertiary/aromatic N) is 3. The fourth-order valence-electron chi connectivity index (χ4n) is 6.03. The van der Waals surface area contributed by atoms with Crippen molar-refractivity contribution in [2.45, 2.75) is 51.4 Å². The molecule has 2 atom stereocenters. The Balaban J connectivity index is 1.39. The molecule has 0 unspecified atom stereocenters. The van der Waals surface area contributed by atoms with Crippen LogP contribution in [0.1, 0.15) is 55.1 Å². The molecule has 5 rings (SSSR count). The molecule has 10 nitrogen and oxygen atoms in total. The van der Waals surface area contributed by atoms with E-state index in [1.165, 1.54) is 36.4 Å². The molecule has 0 saturated carbocycles. The molecular formula is C32H35ClF3N5O5. The predicted octanol–water partition coefficient (Wildman–Crippen LogP) is 5.75. The van der Waals surface area contributed by atoms with Crippen LogP contribution in [0.15, 0.2) is 48.5 Å². The SMILES string of the molecule is CCOC(=O)c1cccc(-c2cc(Cl)ccc2[C@@H](Oc2cc(N3CCC4(CC3)CN[C@H](C(=O)OCC)C4)nc(N)n2)C(F)(F)F)c1. The molecule has 2 aliphatic rings. The van der Waals surface area contributed by atoms with Crippen molar-refractivity contribution in [3.8, 4) is 17.0 Å². The average molecular weight is 662 g/mol. The van der Waals surface area contributed by atoms with Gasteiger partial charge in [0.15, 0.2) is 0 Å². The summed E-state index contributed by atoms with van der Waals surface area (Å²) < 4.78 is 59.9. The lowest BCUT2D eigenvalue weighted by molar-refractivity contribution is -0.198. The third-order valence-electron chi connectivity index (χ3n) is 8.30. The maximum absolute atomic E-state index is 14.7. The van der Waals surface area contributed by atoms with Crippen molar-refractivity contribution in [1.29, 1.82) is 0 Å². The number of aromatic nitrogens is 2. The van der Waals surface area contributed by atoms with Gasteiger partial charge in [-0.2, -0.15) is 23.1 Å². The van der Waals surface area contributed by atoms with Gasteiger partial charge < -0.3 is 30.2 Å². The number of hydrogen-bond donors (Lipinski definition) is 2. The number of carbonyl (C=O) groups is 2. The van der Waals surface area contributed by atoms with E-state index < -0.39 is 18.2 Å². The molecular weight excluding hydrogens is 627 g/mol. The van der Waals surface area contributed by atoms with Gasteiger partial charge in [0.25, 0.3) is 0 Å². The van der Waals surface area contributed by atoms with Crippen LogP contribution >= 0.6 is 11.6 Å². The first kappa shape index (κ1) is 33.3. The summed E-state index contributed by atoms with van der Waals surface area (Å²) in [5.74, 6) is -1.12. The summed E-state index contributed by atoms with van der Waals surface area (Å²) in [5, 5.41) is 3.46. The van der Waals surface area contributed by atoms with Gasteiger partial charge in [0.2, 0.25) is 17.9 Å². The number of nitrogen functional groups attached to an aromatic ring is 1. The maximum Gasteiger partial charge on any atom is 0.429 e. The summed E-state index contributed by atoms with van der Waals surface area (Å²) in [4.78, 5) is 34.7. The van der Waals surface area contributed by atoms with Crippen LogP contribution in [0.3, 0.4) is 0 Å². The molecule has 1 aromatic heterocycles. The molecule has 3 aromatic rings. The Labute approximate surface area is 269 Å². The minimum atomic E-state index is -4.87. The summed E-state index contributed by atoms with van der Waals surface area (Å²) in [7, 11) is 0.